The molecule has 1 spiro atoms. The lowest BCUT2D eigenvalue weighted by molar-refractivity contribution is -0.178. The van der Waals surface area contributed by atoms with E-state index in [1.807, 2.05) is 11.3 Å². The average molecular weight is 350 g/mol. The van der Waals surface area contributed by atoms with Crippen LogP contribution in [0, 0.1) is 6.92 Å². The van der Waals surface area contributed by atoms with Crippen molar-refractivity contribution in [3.05, 3.63) is 16.0 Å². The van der Waals surface area contributed by atoms with E-state index < -0.39 is 0 Å². The number of carbonyl (C=O) groups excluding carboxylic acids is 1. The second-order valence-electron chi connectivity index (χ2n) is 7.14. The second-order valence-corrected chi connectivity index (χ2v) is 8.22. The number of thiophene rings is 1. The van der Waals surface area contributed by atoms with Gasteiger partial charge in [0.1, 0.15) is 0 Å². The maximum atomic E-state index is 12.4. The molecule has 4 rings (SSSR count). The van der Waals surface area contributed by atoms with Crippen LogP contribution >= 0.6 is 11.3 Å². The van der Waals surface area contributed by atoms with Gasteiger partial charge in [-0.05, 0) is 38.2 Å². The highest BCUT2D eigenvalue weighted by Gasteiger charge is 2.41. The summed E-state index contributed by atoms with van der Waals surface area (Å²) in [5.74, 6) is -0.204. The van der Waals surface area contributed by atoms with Crippen LogP contribution < -0.4 is 10.2 Å². The summed E-state index contributed by atoms with van der Waals surface area (Å²) in [6.07, 6.45) is 6.11. The highest BCUT2D eigenvalue weighted by Crippen LogP contribution is 2.42. The van der Waals surface area contributed by atoms with Crippen LogP contribution in [0.3, 0.4) is 0 Å². The Labute approximate surface area is 147 Å². The van der Waals surface area contributed by atoms with Gasteiger partial charge in [0.2, 0.25) is 0 Å². The molecule has 0 unspecified atom stereocenters. The first kappa shape index (κ1) is 16.4. The summed E-state index contributed by atoms with van der Waals surface area (Å²) in [4.78, 5) is 16.0. The van der Waals surface area contributed by atoms with E-state index in [-0.39, 0.29) is 11.7 Å². The fourth-order valence-corrected chi connectivity index (χ4v) is 5.67. The third-order valence-electron chi connectivity index (χ3n) is 5.69. The van der Waals surface area contributed by atoms with E-state index in [1.54, 1.807) is 0 Å². The summed E-state index contributed by atoms with van der Waals surface area (Å²) in [6.45, 7) is 4.34. The molecule has 132 valence electrons. The quantitative estimate of drug-likeness (QED) is 0.891. The lowest BCUT2D eigenvalue weighted by atomic mass is 9.89. The van der Waals surface area contributed by atoms with Crippen molar-refractivity contribution in [2.75, 3.05) is 31.7 Å². The molecule has 0 radical (unpaired) electrons. The van der Waals surface area contributed by atoms with Crippen LogP contribution in [0.25, 0.3) is 0 Å². The Morgan fingerprint density at radius 1 is 1.25 bits per heavy atom. The number of anilines is 1. The van der Waals surface area contributed by atoms with E-state index in [4.69, 9.17) is 9.47 Å². The zero-order chi connectivity index (χ0) is 16.7. The summed E-state index contributed by atoms with van der Waals surface area (Å²) in [5, 5.41) is 4.28. The number of hydrogen-bond donors (Lipinski definition) is 1. The maximum Gasteiger partial charge on any atom is 0.252 e. The molecule has 3 heterocycles. The first-order valence-electron chi connectivity index (χ1n) is 9.01. The molecule has 5 nitrogen and oxygen atoms in total. The monoisotopic (exact) mass is 350 g/mol. The van der Waals surface area contributed by atoms with Crippen molar-refractivity contribution in [3.8, 4) is 0 Å². The van der Waals surface area contributed by atoms with Crippen molar-refractivity contribution in [2.45, 2.75) is 57.3 Å². The molecule has 2 aliphatic heterocycles. The number of carbonyl (C=O) groups is 1. The Balaban J connectivity index is 1.52. The van der Waals surface area contributed by atoms with Gasteiger partial charge in [0.15, 0.2) is 5.79 Å². The maximum absolute atomic E-state index is 12.4. The number of nitrogens with one attached hydrogen (secondary N) is 1. The molecule has 1 N–H and O–H groups in total. The molecule has 1 aliphatic carbocycles. The Morgan fingerprint density at radius 2 is 1.96 bits per heavy atom. The van der Waals surface area contributed by atoms with Crippen LogP contribution in [-0.4, -0.2) is 44.5 Å². The third-order valence-corrected chi connectivity index (χ3v) is 7.13. The molecule has 3 aliphatic rings. The van der Waals surface area contributed by atoms with Crippen molar-refractivity contribution in [1.29, 1.82) is 0 Å². The average Bonchev–Trinajstić information content (AvgIpc) is 3.11. The van der Waals surface area contributed by atoms with Gasteiger partial charge < -0.3 is 19.7 Å². The van der Waals surface area contributed by atoms with Crippen LogP contribution in [0.15, 0.2) is 0 Å². The van der Waals surface area contributed by atoms with Gasteiger partial charge in [-0.1, -0.05) is 0 Å². The summed E-state index contributed by atoms with van der Waals surface area (Å²) in [6, 6.07) is 0.493. The number of ether oxygens (including phenoxy) is 2. The molecular formula is C18H26N2O3S. The van der Waals surface area contributed by atoms with Gasteiger partial charge in [-0.3, -0.25) is 4.79 Å². The molecule has 0 aromatic carbocycles. The number of amides is 1. The summed E-state index contributed by atoms with van der Waals surface area (Å²) >= 11 is 1.81. The van der Waals surface area contributed by atoms with E-state index in [1.165, 1.54) is 9.88 Å². The topological polar surface area (TPSA) is 50.8 Å². The lowest BCUT2D eigenvalue weighted by Gasteiger charge is -2.39. The molecule has 2 fully saturated rings. The Kier molecular flexibility index (Phi) is 4.31. The first-order valence-corrected chi connectivity index (χ1v) is 9.82. The number of fused-ring (bicyclic) bond motifs is 1. The summed E-state index contributed by atoms with van der Waals surface area (Å²) in [7, 11) is 2.18. The van der Waals surface area contributed by atoms with Crippen molar-refractivity contribution in [3.63, 3.8) is 0 Å². The molecule has 1 aromatic heterocycles. The minimum absolute atomic E-state index is 0.103. The molecule has 1 aromatic rings. The van der Waals surface area contributed by atoms with E-state index in [2.05, 4.69) is 24.2 Å². The van der Waals surface area contributed by atoms with E-state index in [0.717, 1.165) is 69.4 Å². The van der Waals surface area contributed by atoms with E-state index >= 15 is 0 Å². The zero-order valence-corrected chi connectivity index (χ0v) is 15.3. The Hall–Kier alpha value is -1.11. The van der Waals surface area contributed by atoms with Gasteiger partial charge in [0.05, 0.1) is 23.8 Å². The molecule has 1 saturated heterocycles. The zero-order valence-electron chi connectivity index (χ0n) is 14.5. The molecular weight excluding hydrogens is 324 g/mol. The smallest absolute Gasteiger partial charge is 0.252 e. The highest BCUT2D eigenvalue weighted by atomic mass is 32.1. The van der Waals surface area contributed by atoms with Gasteiger partial charge in [-0.15, -0.1) is 11.3 Å². The van der Waals surface area contributed by atoms with Gasteiger partial charge in [0.25, 0.3) is 5.91 Å². The second kappa shape index (κ2) is 6.32. The molecule has 1 saturated carbocycles. The number of nitrogens with zero attached hydrogens (tertiary/aromatic N) is 1. The van der Waals surface area contributed by atoms with Crippen molar-refractivity contribution >= 4 is 22.2 Å². The van der Waals surface area contributed by atoms with Crippen LogP contribution in [0.4, 0.5) is 5.00 Å². The van der Waals surface area contributed by atoms with Gasteiger partial charge >= 0.3 is 0 Å². The van der Waals surface area contributed by atoms with E-state index in [0.29, 0.717) is 6.04 Å². The molecule has 6 heteroatoms. The first-order chi connectivity index (χ1) is 11.6. The minimum atomic E-state index is -0.307. The highest BCUT2D eigenvalue weighted by molar-refractivity contribution is 7.16. The standard InChI is InChI=1S/C18H26N2O3S/c1-12-15-14(4-3-9-19-16(15)21)24-17(12)20(2)13-5-7-18(8-6-13)22-10-11-23-18/h13H,3-11H2,1-2H3,(H,19,21). The Bertz CT molecular complexity index is 626. The predicted molar refractivity (Wildman–Crippen MR) is 95.0 cm³/mol. The molecule has 24 heavy (non-hydrogen) atoms. The number of rotatable bonds is 2. The van der Waals surface area contributed by atoms with Crippen LogP contribution in [0.5, 0.6) is 0 Å². The normalized spacial score (nSPS) is 23.8. The Morgan fingerprint density at radius 3 is 2.67 bits per heavy atom. The van der Waals surface area contributed by atoms with E-state index in [9.17, 15) is 4.79 Å². The van der Waals surface area contributed by atoms with Crippen LogP contribution in [-0.2, 0) is 15.9 Å². The van der Waals surface area contributed by atoms with Crippen LogP contribution in [0.1, 0.15) is 52.9 Å². The van der Waals surface area contributed by atoms with Gasteiger partial charge in [0, 0.05) is 37.4 Å². The minimum Gasteiger partial charge on any atom is -0.363 e. The third kappa shape index (κ3) is 2.74. The van der Waals surface area contributed by atoms with Crippen molar-refractivity contribution in [1.82, 2.24) is 5.32 Å². The largest absolute Gasteiger partial charge is 0.363 e. The van der Waals surface area contributed by atoms with Crippen molar-refractivity contribution in [2.24, 2.45) is 0 Å². The van der Waals surface area contributed by atoms with Gasteiger partial charge in [-0.25, -0.2) is 0 Å². The summed E-state index contributed by atoms with van der Waals surface area (Å²) in [5.41, 5.74) is 2.07. The fraction of sp³-hybridized carbons (Fsp3) is 0.722. The van der Waals surface area contributed by atoms with Crippen LogP contribution in [0.2, 0.25) is 0 Å². The molecule has 1 amide bonds. The number of hydrogen-bond acceptors (Lipinski definition) is 5. The fourth-order valence-electron chi connectivity index (χ4n) is 4.29. The predicted octanol–water partition coefficient (Wildman–Crippen LogP) is 2.85. The summed E-state index contributed by atoms with van der Waals surface area (Å²) < 4.78 is 11.7. The molecule has 0 bridgehead atoms. The number of aryl methyl sites for hydroxylation is 1. The van der Waals surface area contributed by atoms with Gasteiger partial charge in [-0.2, -0.15) is 0 Å². The molecule has 0 atom stereocenters. The lowest BCUT2D eigenvalue weighted by Crippen LogP contribution is -2.42. The van der Waals surface area contributed by atoms with Crippen molar-refractivity contribution < 1.29 is 14.3 Å². The SMILES string of the molecule is Cc1c(N(C)C2CCC3(CC2)OCCO3)sc2c1C(=O)NCCC2.